The Balaban J connectivity index is 1.04. The number of aromatic nitrogens is 2. The molecule has 0 fully saturated rings. The fourth-order valence-corrected chi connectivity index (χ4v) is 10.1. The number of thiophene rings is 1. The molecule has 3 aromatic heterocycles. The van der Waals surface area contributed by atoms with E-state index in [1.807, 2.05) is 11.3 Å². The molecule has 0 bridgehead atoms. The molecule has 4 heteroatoms. The highest BCUT2D eigenvalue weighted by atomic mass is 32.1. The van der Waals surface area contributed by atoms with Crippen molar-refractivity contribution in [1.82, 2.24) is 9.97 Å². The van der Waals surface area contributed by atoms with Crippen LogP contribution in [0.1, 0.15) is 0 Å². The number of nitrogens with zero attached hydrogens (tertiary/aromatic N) is 2. The van der Waals surface area contributed by atoms with Crippen LogP contribution in [0.3, 0.4) is 0 Å². The average molecular weight is 757 g/mol. The van der Waals surface area contributed by atoms with Gasteiger partial charge in [0.25, 0.3) is 0 Å². The third-order valence-electron chi connectivity index (χ3n) is 11.6. The summed E-state index contributed by atoms with van der Waals surface area (Å²) in [6, 6.07) is 66.1. The van der Waals surface area contributed by atoms with E-state index in [1.165, 1.54) is 64.5 Å². The monoisotopic (exact) mass is 756 g/mol. The smallest absolute Gasteiger partial charge is 0.246 e. The largest absolute Gasteiger partial charge is 0.436 e. The van der Waals surface area contributed by atoms with Crippen LogP contribution in [0.25, 0.3) is 120 Å². The average Bonchev–Trinajstić information content (AvgIpc) is 3.88. The molecular weight excluding hydrogens is 725 g/mol. The number of hydrogen-bond acceptors (Lipinski definition) is 4. The highest BCUT2D eigenvalue weighted by Gasteiger charge is 2.20. The van der Waals surface area contributed by atoms with Crippen LogP contribution in [0.15, 0.2) is 199 Å². The number of fused-ring (bicyclic) bond motifs is 11. The Labute approximate surface area is 338 Å². The molecule has 0 atom stereocenters. The molecular formula is C54H32N2OS. The van der Waals surface area contributed by atoms with Crippen molar-refractivity contribution < 1.29 is 4.42 Å². The quantitative estimate of drug-likeness (QED) is 0.164. The lowest BCUT2D eigenvalue weighted by Crippen LogP contribution is -1.88. The molecule has 3 nitrogen and oxygen atoms in total. The van der Waals surface area contributed by atoms with Crippen LogP contribution in [-0.2, 0) is 0 Å². The molecule has 0 unspecified atom stereocenters. The van der Waals surface area contributed by atoms with Crippen LogP contribution in [-0.4, -0.2) is 9.97 Å². The molecule has 0 aliphatic rings. The topological polar surface area (TPSA) is 38.9 Å². The second-order valence-corrected chi connectivity index (χ2v) is 15.9. The van der Waals surface area contributed by atoms with E-state index in [0.717, 1.165) is 49.3 Å². The lowest BCUT2D eigenvalue weighted by Gasteiger charge is -2.13. The number of hydrogen-bond donors (Lipinski definition) is 0. The van der Waals surface area contributed by atoms with Crippen molar-refractivity contribution >= 4 is 75.3 Å². The fraction of sp³-hybridized carbons (Fsp3) is 0. The Morgan fingerprint density at radius 3 is 1.72 bits per heavy atom. The van der Waals surface area contributed by atoms with Gasteiger partial charge in [-0.1, -0.05) is 146 Å². The van der Waals surface area contributed by atoms with E-state index in [1.54, 1.807) is 12.4 Å². The van der Waals surface area contributed by atoms with Gasteiger partial charge in [0.1, 0.15) is 11.1 Å². The van der Waals surface area contributed by atoms with Crippen LogP contribution in [0.5, 0.6) is 0 Å². The fourth-order valence-electron chi connectivity index (χ4n) is 8.88. The van der Waals surface area contributed by atoms with E-state index in [0.29, 0.717) is 5.71 Å². The summed E-state index contributed by atoms with van der Waals surface area (Å²) in [5.74, 6) is 0. The van der Waals surface area contributed by atoms with E-state index < -0.39 is 0 Å². The van der Waals surface area contributed by atoms with Crippen molar-refractivity contribution in [3.63, 3.8) is 0 Å². The van der Waals surface area contributed by atoms with Gasteiger partial charge in [-0.05, 0) is 97.2 Å². The number of benzene rings is 9. The lowest BCUT2D eigenvalue weighted by molar-refractivity contribution is 0.656. The first-order valence-corrected chi connectivity index (χ1v) is 20.4. The van der Waals surface area contributed by atoms with Gasteiger partial charge in [0.05, 0.1) is 5.39 Å². The third-order valence-corrected chi connectivity index (χ3v) is 12.8. The van der Waals surface area contributed by atoms with Crippen molar-refractivity contribution in [2.75, 3.05) is 0 Å². The van der Waals surface area contributed by atoms with Crippen molar-refractivity contribution in [1.29, 1.82) is 0 Å². The van der Waals surface area contributed by atoms with Crippen molar-refractivity contribution in [2.45, 2.75) is 0 Å². The first-order valence-electron chi connectivity index (χ1n) is 19.5. The molecule has 0 aliphatic carbocycles. The summed E-state index contributed by atoms with van der Waals surface area (Å²) in [5.41, 5.74) is 14.1. The summed E-state index contributed by atoms with van der Waals surface area (Å²) >= 11 is 1.88. The summed E-state index contributed by atoms with van der Waals surface area (Å²) in [4.78, 5) is 9.35. The Kier molecular flexibility index (Phi) is 7.40. The SMILES string of the molecule is c1ccc(-c2ccc3sc4c(-c5cccc(-c6cccc(-c7cccc8c9ccccc9c9oc%10nccnc%10c9c78)c6)c5)cc(-c5ccccc5)cc4c3c2)cc1. The summed E-state index contributed by atoms with van der Waals surface area (Å²) in [7, 11) is 0. The minimum absolute atomic E-state index is 0.552. The van der Waals surface area contributed by atoms with Gasteiger partial charge < -0.3 is 4.42 Å². The van der Waals surface area contributed by atoms with Gasteiger partial charge in [0.15, 0.2) is 0 Å². The summed E-state index contributed by atoms with van der Waals surface area (Å²) in [6.45, 7) is 0. The zero-order valence-electron chi connectivity index (χ0n) is 31.2. The summed E-state index contributed by atoms with van der Waals surface area (Å²) in [6.07, 6.45) is 3.44. The maximum atomic E-state index is 6.45. The van der Waals surface area contributed by atoms with Crippen LogP contribution >= 0.6 is 11.3 Å². The second-order valence-electron chi connectivity index (χ2n) is 14.9. The highest BCUT2D eigenvalue weighted by Crippen LogP contribution is 2.46. The molecule has 270 valence electrons. The molecule has 0 radical (unpaired) electrons. The summed E-state index contributed by atoms with van der Waals surface area (Å²) in [5, 5.41) is 8.08. The van der Waals surface area contributed by atoms with Crippen LogP contribution in [0, 0.1) is 0 Å². The molecule has 9 aromatic carbocycles. The normalized spacial score (nSPS) is 11.8. The zero-order chi connectivity index (χ0) is 38.2. The van der Waals surface area contributed by atoms with Gasteiger partial charge in [0, 0.05) is 48.9 Å². The van der Waals surface area contributed by atoms with E-state index in [2.05, 4.69) is 187 Å². The molecule has 58 heavy (non-hydrogen) atoms. The van der Waals surface area contributed by atoms with Gasteiger partial charge in [0.2, 0.25) is 5.71 Å². The Morgan fingerprint density at radius 1 is 0.362 bits per heavy atom. The van der Waals surface area contributed by atoms with E-state index in [-0.39, 0.29) is 0 Å². The Hall–Kier alpha value is -7.40. The first-order chi connectivity index (χ1) is 28.7. The molecule has 0 spiro atoms. The molecule has 0 aliphatic heterocycles. The van der Waals surface area contributed by atoms with E-state index in [9.17, 15) is 0 Å². The second kappa shape index (κ2) is 13.1. The van der Waals surface area contributed by atoms with Gasteiger partial charge >= 0.3 is 0 Å². The van der Waals surface area contributed by atoms with Crippen LogP contribution in [0.2, 0.25) is 0 Å². The molecule has 0 amide bonds. The lowest BCUT2D eigenvalue weighted by atomic mass is 9.90. The Bertz CT molecular complexity index is 3570. The van der Waals surface area contributed by atoms with Gasteiger partial charge in [-0.2, -0.15) is 0 Å². The summed E-state index contributed by atoms with van der Waals surface area (Å²) < 4.78 is 9.04. The predicted octanol–water partition coefficient (Wildman–Crippen LogP) is 15.4. The predicted molar refractivity (Wildman–Crippen MR) is 244 cm³/mol. The van der Waals surface area contributed by atoms with Crippen molar-refractivity contribution in [3.8, 4) is 55.6 Å². The van der Waals surface area contributed by atoms with E-state index in [4.69, 9.17) is 9.40 Å². The maximum Gasteiger partial charge on any atom is 0.246 e. The zero-order valence-corrected chi connectivity index (χ0v) is 32.0. The van der Waals surface area contributed by atoms with E-state index >= 15 is 0 Å². The minimum atomic E-state index is 0.552. The molecule has 12 rings (SSSR count). The van der Waals surface area contributed by atoms with Gasteiger partial charge in [-0.3, -0.25) is 0 Å². The number of furan rings is 1. The first kappa shape index (κ1) is 32.8. The number of rotatable bonds is 5. The molecule has 0 saturated carbocycles. The molecule has 0 saturated heterocycles. The molecule has 3 heterocycles. The minimum Gasteiger partial charge on any atom is -0.436 e. The van der Waals surface area contributed by atoms with Crippen molar-refractivity contribution in [3.05, 3.63) is 194 Å². The van der Waals surface area contributed by atoms with Crippen molar-refractivity contribution in [2.24, 2.45) is 0 Å². The van der Waals surface area contributed by atoms with Gasteiger partial charge in [-0.25, -0.2) is 9.97 Å². The standard InChI is InChI=1S/C54H32N2OS/c1-3-12-33(13-4-1)37-24-25-48-46(30-37)47-32-40(34-14-5-2-6-15-34)31-45(53(47)58-48)39-19-10-17-36(29-39)35-16-9-18-38(28-35)41-22-11-23-43-42-20-7-8-21-44(42)52-50(49(41)43)51-54(57-52)56-27-26-55-51/h1-32H. The molecule has 0 N–H and O–H groups in total. The van der Waals surface area contributed by atoms with Crippen LogP contribution < -0.4 is 0 Å². The highest BCUT2D eigenvalue weighted by molar-refractivity contribution is 7.26. The van der Waals surface area contributed by atoms with Crippen LogP contribution in [0.4, 0.5) is 0 Å². The third kappa shape index (κ3) is 5.19. The maximum absolute atomic E-state index is 6.45. The molecule has 12 aromatic rings. The van der Waals surface area contributed by atoms with Gasteiger partial charge in [-0.15, -0.1) is 11.3 Å². The Morgan fingerprint density at radius 2 is 0.948 bits per heavy atom.